The Morgan fingerprint density at radius 1 is 1.57 bits per heavy atom. The van der Waals surface area contributed by atoms with Gasteiger partial charge in [0.1, 0.15) is 0 Å². The maximum absolute atomic E-state index is 12.5. The fraction of sp³-hybridized carbons (Fsp3) is 0.692. The molecule has 1 atom stereocenters. The summed E-state index contributed by atoms with van der Waals surface area (Å²) in [6.45, 7) is 3.09. The zero-order valence-corrected chi connectivity index (χ0v) is 13.3. The summed E-state index contributed by atoms with van der Waals surface area (Å²) in [5.41, 5.74) is 6.80. The highest BCUT2D eigenvalue weighted by atomic mass is 32.2. The normalized spacial score (nSPS) is 20.6. The number of hydrogen-bond acceptors (Lipinski definition) is 5. The molecule has 0 spiro atoms. The summed E-state index contributed by atoms with van der Waals surface area (Å²) in [5, 5.41) is 4.21. The van der Waals surface area contributed by atoms with E-state index in [9.17, 15) is 13.2 Å². The molecule has 1 unspecified atom stereocenters. The first-order valence-electron chi connectivity index (χ1n) is 7.06. The summed E-state index contributed by atoms with van der Waals surface area (Å²) in [6, 6.07) is -0.241. The van der Waals surface area contributed by atoms with Crippen LogP contribution >= 0.6 is 0 Å². The summed E-state index contributed by atoms with van der Waals surface area (Å²) in [4.78, 5) is 14.0. The minimum absolute atomic E-state index is 0.0512. The van der Waals surface area contributed by atoms with Gasteiger partial charge in [0.2, 0.25) is 0 Å². The molecular weight excluding hydrogens is 292 g/mol. The second-order valence-corrected chi connectivity index (χ2v) is 7.71. The van der Waals surface area contributed by atoms with Crippen molar-refractivity contribution in [3.05, 3.63) is 17.5 Å². The summed E-state index contributed by atoms with van der Waals surface area (Å²) in [5.74, 6) is 0.0354. The molecule has 1 amide bonds. The van der Waals surface area contributed by atoms with Gasteiger partial charge in [-0.25, -0.2) is 8.42 Å². The molecule has 0 aliphatic carbocycles. The first-order valence-corrected chi connectivity index (χ1v) is 8.88. The van der Waals surface area contributed by atoms with E-state index in [1.165, 1.54) is 4.90 Å². The molecule has 2 N–H and O–H groups in total. The van der Waals surface area contributed by atoms with Crippen molar-refractivity contribution in [1.29, 1.82) is 0 Å². The maximum atomic E-state index is 12.5. The van der Waals surface area contributed by atoms with Crippen molar-refractivity contribution in [1.82, 2.24) is 14.7 Å². The number of amides is 1. The molecule has 1 aliphatic heterocycles. The van der Waals surface area contributed by atoms with Gasteiger partial charge in [0.15, 0.2) is 9.84 Å². The van der Waals surface area contributed by atoms with Crippen LogP contribution in [0.3, 0.4) is 0 Å². The molecule has 118 valence electrons. The SMILES string of the molecule is Cc1c(C(=O)N(C)C2CCS(=O)(=O)C2)cnn1CCCN. The Labute approximate surface area is 125 Å². The van der Waals surface area contributed by atoms with Gasteiger partial charge in [-0.05, 0) is 26.3 Å². The van der Waals surface area contributed by atoms with E-state index in [4.69, 9.17) is 5.73 Å². The molecule has 0 aromatic carbocycles. The molecule has 2 rings (SSSR count). The van der Waals surface area contributed by atoms with Crippen molar-refractivity contribution in [3.8, 4) is 0 Å². The predicted molar refractivity (Wildman–Crippen MR) is 79.8 cm³/mol. The van der Waals surface area contributed by atoms with Gasteiger partial charge in [-0.1, -0.05) is 0 Å². The summed E-state index contributed by atoms with van der Waals surface area (Å²) >= 11 is 0. The summed E-state index contributed by atoms with van der Waals surface area (Å²) in [6.07, 6.45) is 2.85. The van der Waals surface area contributed by atoms with E-state index in [-0.39, 0.29) is 23.5 Å². The molecule has 2 heterocycles. The Morgan fingerprint density at radius 2 is 2.29 bits per heavy atom. The minimum atomic E-state index is -3.00. The highest BCUT2D eigenvalue weighted by Crippen LogP contribution is 2.19. The molecule has 21 heavy (non-hydrogen) atoms. The summed E-state index contributed by atoms with van der Waals surface area (Å²) < 4.78 is 24.8. The van der Waals surface area contributed by atoms with Crippen LogP contribution in [0.2, 0.25) is 0 Å². The Bertz CT molecular complexity index is 623. The van der Waals surface area contributed by atoms with Crippen LogP contribution in [0, 0.1) is 6.92 Å². The van der Waals surface area contributed by atoms with Gasteiger partial charge in [-0.15, -0.1) is 0 Å². The van der Waals surface area contributed by atoms with Crippen LogP contribution in [0.4, 0.5) is 0 Å². The van der Waals surface area contributed by atoms with Crippen LogP contribution in [-0.2, 0) is 16.4 Å². The number of carbonyl (C=O) groups excluding carboxylic acids is 1. The van der Waals surface area contributed by atoms with Crippen LogP contribution in [0.5, 0.6) is 0 Å². The molecule has 1 fully saturated rings. The zero-order valence-electron chi connectivity index (χ0n) is 12.4. The van der Waals surface area contributed by atoms with Crippen molar-refractivity contribution in [3.63, 3.8) is 0 Å². The third kappa shape index (κ3) is 3.44. The Hall–Kier alpha value is -1.41. The number of nitrogens with zero attached hydrogens (tertiary/aromatic N) is 3. The van der Waals surface area contributed by atoms with Gasteiger partial charge in [-0.3, -0.25) is 9.48 Å². The van der Waals surface area contributed by atoms with E-state index in [0.29, 0.717) is 25.1 Å². The van der Waals surface area contributed by atoms with E-state index < -0.39 is 9.84 Å². The van der Waals surface area contributed by atoms with E-state index in [0.717, 1.165) is 12.1 Å². The smallest absolute Gasteiger partial charge is 0.257 e. The van der Waals surface area contributed by atoms with Crippen LogP contribution in [0.1, 0.15) is 28.9 Å². The van der Waals surface area contributed by atoms with E-state index in [1.807, 2.05) is 6.92 Å². The van der Waals surface area contributed by atoms with E-state index >= 15 is 0 Å². The Kier molecular flexibility index (Phi) is 4.67. The van der Waals surface area contributed by atoms with Crippen molar-refractivity contribution in [2.24, 2.45) is 5.73 Å². The monoisotopic (exact) mass is 314 g/mol. The predicted octanol–water partition coefficient (Wildman–Crippen LogP) is -0.201. The number of carbonyl (C=O) groups is 1. The van der Waals surface area contributed by atoms with Gasteiger partial charge in [-0.2, -0.15) is 5.10 Å². The minimum Gasteiger partial charge on any atom is -0.338 e. The second kappa shape index (κ2) is 6.15. The second-order valence-electron chi connectivity index (χ2n) is 5.48. The van der Waals surface area contributed by atoms with Gasteiger partial charge < -0.3 is 10.6 Å². The highest BCUT2D eigenvalue weighted by molar-refractivity contribution is 7.91. The van der Waals surface area contributed by atoms with Crippen LogP contribution < -0.4 is 5.73 Å². The molecular formula is C13H22N4O3S. The average molecular weight is 314 g/mol. The molecule has 8 heteroatoms. The molecule has 1 aliphatic rings. The number of rotatable bonds is 5. The number of aryl methyl sites for hydroxylation is 1. The Balaban J connectivity index is 2.11. The van der Waals surface area contributed by atoms with Crippen molar-refractivity contribution >= 4 is 15.7 Å². The number of sulfone groups is 1. The molecule has 1 aromatic heterocycles. The fourth-order valence-electron chi connectivity index (χ4n) is 2.56. The summed E-state index contributed by atoms with van der Waals surface area (Å²) in [7, 11) is -1.34. The first-order chi connectivity index (χ1) is 9.85. The molecule has 1 saturated heterocycles. The fourth-order valence-corrected chi connectivity index (χ4v) is 4.33. The van der Waals surface area contributed by atoms with Gasteiger partial charge in [0.25, 0.3) is 5.91 Å². The number of aromatic nitrogens is 2. The third-order valence-corrected chi connectivity index (χ3v) is 5.73. The standard InChI is InChI=1S/C13H22N4O3S/c1-10-12(8-15-17(10)6-3-5-14)13(18)16(2)11-4-7-21(19,20)9-11/h8,11H,3-7,9,14H2,1-2H3. The first kappa shape index (κ1) is 16.0. The average Bonchev–Trinajstić information content (AvgIpc) is 2.98. The lowest BCUT2D eigenvalue weighted by atomic mass is 10.2. The van der Waals surface area contributed by atoms with E-state index in [1.54, 1.807) is 17.9 Å². The lowest BCUT2D eigenvalue weighted by molar-refractivity contribution is 0.0747. The highest BCUT2D eigenvalue weighted by Gasteiger charge is 2.33. The maximum Gasteiger partial charge on any atom is 0.257 e. The van der Waals surface area contributed by atoms with Crippen LogP contribution in [0.15, 0.2) is 6.20 Å². The lowest BCUT2D eigenvalue weighted by Crippen LogP contribution is -2.38. The lowest BCUT2D eigenvalue weighted by Gasteiger charge is -2.23. The number of hydrogen-bond donors (Lipinski definition) is 1. The van der Waals surface area contributed by atoms with Gasteiger partial charge in [0.05, 0.1) is 23.3 Å². The Morgan fingerprint density at radius 3 is 2.86 bits per heavy atom. The van der Waals surface area contributed by atoms with Crippen LogP contribution in [0.25, 0.3) is 0 Å². The van der Waals surface area contributed by atoms with Gasteiger partial charge >= 0.3 is 0 Å². The van der Waals surface area contributed by atoms with Crippen molar-refractivity contribution in [2.75, 3.05) is 25.1 Å². The van der Waals surface area contributed by atoms with Crippen LogP contribution in [-0.4, -0.2) is 60.1 Å². The molecule has 0 bridgehead atoms. The molecule has 7 nitrogen and oxygen atoms in total. The topological polar surface area (TPSA) is 98.3 Å². The molecule has 1 aromatic rings. The molecule has 0 radical (unpaired) electrons. The van der Waals surface area contributed by atoms with Crippen molar-refractivity contribution in [2.45, 2.75) is 32.4 Å². The quantitative estimate of drug-likeness (QED) is 0.811. The molecule has 0 saturated carbocycles. The van der Waals surface area contributed by atoms with Crippen molar-refractivity contribution < 1.29 is 13.2 Å². The largest absolute Gasteiger partial charge is 0.338 e. The third-order valence-electron chi connectivity index (χ3n) is 3.98. The zero-order chi connectivity index (χ0) is 15.6. The van der Waals surface area contributed by atoms with Gasteiger partial charge in [0, 0.05) is 25.3 Å². The van der Waals surface area contributed by atoms with E-state index in [2.05, 4.69) is 5.10 Å². The number of nitrogens with two attached hydrogens (primary N) is 1.